The fourth-order valence-corrected chi connectivity index (χ4v) is 2.82. The molecule has 1 aliphatic heterocycles. The van der Waals surface area contributed by atoms with E-state index in [1.54, 1.807) is 11.3 Å². The van der Waals surface area contributed by atoms with Crippen LogP contribution in [0.2, 0.25) is 0 Å². The first kappa shape index (κ1) is 13.9. The Morgan fingerprint density at radius 3 is 3.06 bits per heavy atom. The van der Waals surface area contributed by atoms with Gasteiger partial charge in [0.15, 0.2) is 0 Å². The Bertz CT molecular complexity index is 285. The van der Waals surface area contributed by atoms with Crippen LogP contribution in [0.3, 0.4) is 0 Å². The molecule has 92 valence electrons. The summed E-state index contributed by atoms with van der Waals surface area (Å²) in [7, 11) is 2.20. The van der Waals surface area contributed by atoms with Crippen molar-refractivity contribution in [2.75, 3.05) is 26.7 Å². The minimum atomic E-state index is 0. The number of nitrogens with zero attached hydrogens (tertiary/aromatic N) is 2. The van der Waals surface area contributed by atoms with Gasteiger partial charge in [-0.2, -0.15) is 0 Å². The van der Waals surface area contributed by atoms with Gasteiger partial charge in [0.1, 0.15) is 5.01 Å². The third-order valence-corrected chi connectivity index (χ3v) is 4.12. The summed E-state index contributed by atoms with van der Waals surface area (Å²) in [6, 6.07) is 0.450. The molecular weight excluding hydrogens is 242 g/mol. The monoisotopic (exact) mass is 261 g/mol. The quantitative estimate of drug-likeness (QED) is 0.901. The van der Waals surface area contributed by atoms with Gasteiger partial charge in [0.05, 0.1) is 6.04 Å². The van der Waals surface area contributed by atoms with E-state index < -0.39 is 0 Å². The Morgan fingerprint density at radius 1 is 1.69 bits per heavy atom. The summed E-state index contributed by atoms with van der Waals surface area (Å²) in [5.41, 5.74) is 0. The number of hydrogen-bond donors (Lipinski definition) is 1. The van der Waals surface area contributed by atoms with Gasteiger partial charge in [-0.1, -0.05) is 0 Å². The summed E-state index contributed by atoms with van der Waals surface area (Å²) in [5, 5.41) is 6.69. The highest BCUT2D eigenvalue weighted by Crippen LogP contribution is 2.22. The minimum absolute atomic E-state index is 0. The Kier molecular flexibility index (Phi) is 5.69. The molecule has 3 nitrogen and oxygen atoms in total. The van der Waals surface area contributed by atoms with E-state index in [0.29, 0.717) is 6.04 Å². The van der Waals surface area contributed by atoms with Crippen LogP contribution >= 0.6 is 23.7 Å². The van der Waals surface area contributed by atoms with E-state index in [0.717, 1.165) is 5.92 Å². The first-order valence-corrected chi connectivity index (χ1v) is 6.45. The summed E-state index contributed by atoms with van der Waals surface area (Å²) in [5.74, 6) is 0.817. The molecule has 1 aromatic heterocycles. The zero-order valence-electron chi connectivity index (χ0n) is 9.85. The number of hydrogen-bond acceptors (Lipinski definition) is 4. The average Bonchev–Trinajstić information content (AvgIpc) is 2.88. The zero-order chi connectivity index (χ0) is 10.7. The summed E-state index contributed by atoms with van der Waals surface area (Å²) in [6.07, 6.45) is 3.20. The number of rotatable bonds is 4. The molecule has 0 bridgehead atoms. The second-order valence-corrected chi connectivity index (χ2v) is 5.27. The maximum absolute atomic E-state index is 4.37. The Hall–Kier alpha value is -0.160. The molecule has 0 amide bonds. The topological polar surface area (TPSA) is 28.2 Å². The molecule has 5 heteroatoms. The Labute approximate surface area is 108 Å². The summed E-state index contributed by atoms with van der Waals surface area (Å²) in [4.78, 5) is 6.79. The molecule has 1 saturated heterocycles. The predicted octanol–water partition coefficient (Wildman–Crippen LogP) is 2.17. The minimum Gasteiger partial charge on any atom is -0.316 e. The van der Waals surface area contributed by atoms with Crippen molar-refractivity contribution in [1.82, 2.24) is 15.2 Å². The smallest absolute Gasteiger partial charge is 0.109 e. The molecule has 0 radical (unpaired) electrons. The first-order chi connectivity index (χ1) is 7.27. The van der Waals surface area contributed by atoms with Crippen molar-refractivity contribution in [2.45, 2.75) is 19.4 Å². The third kappa shape index (κ3) is 3.42. The lowest BCUT2D eigenvalue weighted by atomic mass is 10.1. The lowest BCUT2D eigenvalue weighted by Crippen LogP contribution is -2.29. The molecular formula is C11H20ClN3S. The highest BCUT2D eigenvalue weighted by atomic mass is 35.5. The van der Waals surface area contributed by atoms with E-state index in [1.165, 1.54) is 31.1 Å². The molecule has 2 unspecified atom stereocenters. The molecule has 0 spiro atoms. The first-order valence-electron chi connectivity index (χ1n) is 5.57. The van der Waals surface area contributed by atoms with Crippen LogP contribution in [-0.4, -0.2) is 36.6 Å². The number of thiazole rings is 1. The fourth-order valence-electron chi connectivity index (χ4n) is 2.06. The maximum Gasteiger partial charge on any atom is 0.109 e. The van der Waals surface area contributed by atoms with Crippen LogP contribution < -0.4 is 5.32 Å². The standard InChI is InChI=1S/C11H19N3S.ClH/c1-9(11-13-5-6-15-11)14(2)8-10-3-4-12-7-10;/h5-6,9-10,12H,3-4,7-8H2,1-2H3;1H. The van der Waals surface area contributed by atoms with Crippen LogP contribution in [0.1, 0.15) is 24.4 Å². The average molecular weight is 262 g/mol. The molecule has 2 heterocycles. The summed E-state index contributed by atoms with van der Waals surface area (Å²) < 4.78 is 0. The Balaban J connectivity index is 0.00000128. The van der Waals surface area contributed by atoms with Crippen molar-refractivity contribution in [3.8, 4) is 0 Å². The van der Waals surface area contributed by atoms with Crippen LogP contribution in [0.25, 0.3) is 0 Å². The summed E-state index contributed by atoms with van der Waals surface area (Å²) >= 11 is 1.75. The van der Waals surface area contributed by atoms with Crippen molar-refractivity contribution in [3.63, 3.8) is 0 Å². The highest BCUT2D eigenvalue weighted by molar-refractivity contribution is 7.09. The lowest BCUT2D eigenvalue weighted by molar-refractivity contribution is 0.226. The molecule has 2 atom stereocenters. The van der Waals surface area contributed by atoms with Crippen molar-refractivity contribution < 1.29 is 0 Å². The third-order valence-electron chi connectivity index (χ3n) is 3.18. The predicted molar refractivity (Wildman–Crippen MR) is 71.4 cm³/mol. The Morgan fingerprint density at radius 2 is 2.50 bits per heavy atom. The second-order valence-electron chi connectivity index (χ2n) is 4.34. The van der Waals surface area contributed by atoms with Crippen molar-refractivity contribution in [2.24, 2.45) is 5.92 Å². The molecule has 0 aliphatic carbocycles. The van der Waals surface area contributed by atoms with Crippen LogP contribution in [-0.2, 0) is 0 Å². The van der Waals surface area contributed by atoms with Crippen molar-refractivity contribution >= 4 is 23.7 Å². The van der Waals surface area contributed by atoms with Gasteiger partial charge in [0.2, 0.25) is 0 Å². The molecule has 0 aromatic carbocycles. The lowest BCUT2D eigenvalue weighted by Gasteiger charge is -2.25. The van der Waals surface area contributed by atoms with Gasteiger partial charge in [0, 0.05) is 18.1 Å². The molecule has 1 aliphatic rings. The van der Waals surface area contributed by atoms with Gasteiger partial charge in [-0.25, -0.2) is 4.98 Å². The largest absolute Gasteiger partial charge is 0.316 e. The molecule has 1 N–H and O–H groups in total. The maximum atomic E-state index is 4.37. The number of aromatic nitrogens is 1. The van der Waals surface area contributed by atoms with E-state index in [1.807, 2.05) is 6.20 Å². The molecule has 1 aromatic rings. The number of halogens is 1. The van der Waals surface area contributed by atoms with E-state index in [4.69, 9.17) is 0 Å². The highest BCUT2D eigenvalue weighted by Gasteiger charge is 2.20. The van der Waals surface area contributed by atoms with E-state index >= 15 is 0 Å². The van der Waals surface area contributed by atoms with Gasteiger partial charge in [-0.05, 0) is 39.4 Å². The summed E-state index contributed by atoms with van der Waals surface area (Å²) in [6.45, 7) is 5.77. The van der Waals surface area contributed by atoms with Gasteiger partial charge < -0.3 is 5.32 Å². The van der Waals surface area contributed by atoms with Crippen LogP contribution in [0, 0.1) is 5.92 Å². The molecule has 2 rings (SSSR count). The van der Waals surface area contributed by atoms with Crippen molar-refractivity contribution in [3.05, 3.63) is 16.6 Å². The van der Waals surface area contributed by atoms with Crippen molar-refractivity contribution in [1.29, 1.82) is 0 Å². The van der Waals surface area contributed by atoms with Gasteiger partial charge >= 0.3 is 0 Å². The van der Waals surface area contributed by atoms with Crippen LogP contribution in [0.4, 0.5) is 0 Å². The van der Waals surface area contributed by atoms with Crippen LogP contribution in [0.15, 0.2) is 11.6 Å². The normalized spacial score (nSPS) is 22.1. The molecule has 1 fully saturated rings. The van der Waals surface area contributed by atoms with Gasteiger partial charge in [-0.15, -0.1) is 23.7 Å². The second kappa shape index (κ2) is 6.55. The fraction of sp³-hybridized carbons (Fsp3) is 0.727. The SMILES string of the molecule is CC(c1nccs1)N(C)CC1CCNC1.Cl. The van der Waals surface area contributed by atoms with Gasteiger partial charge in [0.25, 0.3) is 0 Å². The van der Waals surface area contributed by atoms with E-state index in [-0.39, 0.29) is 12.4 Å². The molecule has 16 heavy (non-hydrogen) atoms. The number of nitrogens with one attached hydrogen (secondary N) is 1. The van der Waals surface area contributed by atoms with Crippen LogP contribution in [0.5, 0.6) is 0 Å². The zero-order valence-corrected chi connectivity index (χ0v) is 11.5. The molecule has 0 saturated carbocycles. The van der Waals surface area contributed by atoms with Gasteiger partial charge in [-0.3, -0.25) is 4.90 Å². The van der Waals surface area contributed by atoms with E-state index in [2.05, 4.69) is 34.6 Å². The van der Waals surface area contributed by atoms with E-state index in [9.17, 15) is 0 Å².